The van der Waals surface area contributed by atoms with Crippen LogP contribution in [0.1, 0.15) is 18.6 Å². The normalized spacial score (nSPS) is 13.1. The summed E-state index contributed by atoms with van der Waals surface area (Å²) in [6.45, 7) is 1.86. The van der Waals surface area contributed by atoms with Gasteiger partial charge in [-0.3, -0.25) is 4.79 Å². The van der Waals surface area contributed by atoms with E-state index in [9.17, 15) is 22.4 Å². The summed E-state index contributed by atoms with van der Waals surface area (Å²) >= 11 is 11.0. The summed E-state index contributed by atoms with van der Waals surface area (Å²) in [5, 5.41) is 5.20. The van der Waals surface area contributed by atoms with Crippen molar-refractivity contribution in [2.75, 3.05) is 32.6 Å². The third-order valence-electron chi connectivity index (χ3n) is 3.67. The van der Waals surface area contributed by atoms with Crippen LogP contribution in [0, 0.1) is 0 Å². The van der Waals surface area contributed by atoms with E-state index in [2.05, 4.69) is 10.6 Å². The van der Waals surface area contributed by atoms with E-state index in [0.29, 0.717) is 13.1 Å². The number of rotatable bonds is 11. The minimum Gasteiger partial charge on any atom is -0.433 e. The van der Waals surface area contributed by atoms with Gasteiger partial charge in [-0.1, -0.05) is 42.3 Å². The van der Waals surface area contributed by atoms with Crippen molar-refractivity contribution in [3.8, 4) is 0 Å². The van der Waals surface area contributed by atoms with E-state index in [1.807, 2.05) is 6.92 Å². The fraction of sp³-hybridized carbons (Fsp3) is 0.529. The predicted molar refractivity (Wildman–Crippen MR) is 114 cm³/mol. The number of alkyl halides is 3. The molecule has 0 saturated heterocycles. The number of nitrogens with one attached hydrogen (secondary N) is 2. The summed E-state index contributed by atoms with van der Waals surface area (Å²) in [6, 6.07) is 3.93. The molecule has 1 aromatic rings. The van der Waals surface area contributed by atoms with Gasteiger partial charge in [0.25, 0.3) is 5.91 Å². The summed E-state index contributed by atoms with van der Waals surface area (Å²) in [4.78, 5) is 22.3. The summed E-state index contributed by atoms with van der Waals surface area (Å²) in [5.74, 6) is -0.877. The van der Waals surface area contributed by atoms with Gasteiger partial charge in [0.05, 0.1) is 10.9 Å². The highest BCUT2D eigenvalue weighted by atomic mass is 35.5. The monoisotopic (exact) mass is 508 g/mol. The molecule has 0 radical (unpaired) electrons. The molecule has 0 aliphatic heterocycles. The Hall–Kier alpha value is -1.33. The van der Waals surface area contributed by atoms with Crippen LogP contribution in [0.4, 0.5) is 9.18 Å². The maximum atomic E-state index is 13.6. The lowest BCUT2D eigenvalue weighted by Crippen LogP contribution is -2.44. The molecule has 0 aromatic heterocycles. The van der Waals surface area contributed by atoms with E-state index in [4.69, 9.17) is 32.7 Å². The lowest BCUT2D eigenvalue weighted by molar-refractivity contribution is -0.121. The van der Waals surface area contributed by atoms with Gasteiger partial charge in [0.2, 0.25) is 0 Å². The van der Waals surface area contributed by atoms with Gasteiger partial charge in [-0.05, 0) is 24.2 Å². The SMILES string of the molecule is CCNCCOC(=O)OC(c1ccc(S(C)(=O)=O)cc1)C(CF)NC(=O)C(Cl)Cl.Cl. The molecule has 172 valence electrons. The van der Waals surface area contributed by atoms with Crippen LogP contribution in [-0.4, -0.2) is 64.0 Å². The van der Waals surface area contributed by atoms with Gasteiger partial charge in [0.15, 0.2) is 20.8 Å². The molecule has 0 heterocycles. The quantitative estimate of drug-likeness (QED) is 0.268. The van der Waals surface area contributed by atoms with Crippen LogP contribution in [0.5, 0.6) is 0 Å². The maximum Gasteiger partial charge on any atom is 0.509 e. The van der Waals surface area contributed by atoms with Crippen molar-refractivity contribution in [2.45, 2.75) is 28.8 Å². The molecule has 8 nitrogen and oxygen atoms in total. The van der Waals surface area contributed by atoms with Gasteiger partial charge in [0, 0.05) is 12.8 Å². The van der Waals surface area contributed by atoms with E-state index in [-0.39, 0.29) is 29.5 Å². The number of benzene rings is 1. The summed E-state index contributed by atoms with van der Waals surface area (Å²) in [7, 11) is -3.46. The van der Waals surface area contributed by atoms with Gasteiger partial charge in [0.1, 0.15) is 13.3 Å². The summed E-state index contributed by atoms with van der Waals surface area (Å²) in [5.41, 5.74) is 0.240. The van der Waals surface area contributed by atoms with E-state index in [1.165, 1.54) is 24.3 Å². The Morgan fingerprint density at radius 1 is 1.20 bits per heavy atom. The van der Waals surface area contributed by atoms with Gasteiger partial charge < -0.3 is 20.1 Å². The van der Waals surface area contributed by atoms with Crippen LogP contribution < -0.4 is 10.6 Å². The van der Waals surface area contributed by atoms with Crippen molar-refractivity contribution in [2.24, 2.45) is 0 Å². The number of likely N-dealkylation sites (N-methyl/N-ethyl adjacent to an activating group) is 1. The van der Waals surface area contributed by atoms with E-state index >= 15 is 0 Å². The van der Waals surface area contributed by atoms with Crippen molar-refractivity contribution in [3.05, 3.63) is 29.8 Å². The van der Waals surface area contributed by atoms with Gasteiger partial charge >= 0.3 is 6.16 Å². The lowest BCUT2D eigenvalue weighted by Gasteiger charge is -2.26. The first-order valence-corrected chi connectivity index (χ1v) is 11.3. The Kier molecular flexibility index (Phi) is 13.3. The summed E-state index contributed by atoms with van der Waals surface area (Å²) < 4.78 is 47.0. The average molecular weight is 510 g/mol. The van der Waals surface area contributed by atoms with Crippen LogP contribution in [0.15, 0.2) is 29.2 Å². The topological polar surface area (TPSA) is 111 Å². The zero-order chi connectivity index (χ0) is 22.0. The molecule has 30 heavy (non-hydrogen) atoms. The molecule has 1 amide bonds. The third-order valence-corrected chi connectivity index (χ3v) is 5.19. The molecule has 2 N–H and O–H groups in total. The molecule has 1 rings (SSSR count). The number of hydrogen-bond acceptors (Lipinski definition) is 7. The number of carbonyl (C=O) groups is 2. The van der Waals surface area contributed by atoms with Crippen LogP contribution in [0.25, 0.3) is 0 Å². The number of carbonyl (C=O) groups excluding carboxylic acids is 2. The van der Waals surface area contributed by atoms with E-state index in [0.717, 1.165) is 6.26 Å². The van der Waals surface area contributed by atoms with Crippen molar-refractivity contribution in [3.63, 3.8) is 0 Å². The largest absolute Gasteiger partial charge is 0.509 e. The lowest BCUT2D eigenvalue weighted by atomic mass is 10.0. The highest BCUT2D eigenvalue weighted by molar-refractivity contribution is 7.90. The first-order valence-electron chi connectivity index (χ1n) is 8.58. The number of halogens is 4. The molecule has 13 heteroatoms. The Morgan fingerprint density at radius 3 is 2.27 bits per heavy atom. The Morgan fingerprint density at radius 2 is 1.80 bits per heavy atom. The van der Waals surface area contributed by atoms with Crippen LogP contribution >= 0.6 is 35.6 Å². The van der Waals surface area contributed by atoms with Crippen molar-refractivity contribution >= 4 is 57.5 Å². The molecule has 0 saturated carbocycles. The second-order valence-electron chi connectivity index (χ2n) is 5.90. The summed E-state index contributed by atoms with van der Waals surface area (Å²) in [6.07, 6.45) is -1.36. The van der Waals surface area contributed by atoms with Crippen molar-refractivity contribution < 1.29 is 31.9 Å². The van der Waals surface area contributed by atoms with E-state index in [1.54, 1.807) is 0 Å². The Labute approximate surface area is 191 Å². The van der Waals surface area contributed by atoms with Crippen molar-refractivity contribution in [1.29, 1.82) is 0 Å². The third kappa shape index (κ3) is 9.65. The minimum absolute atomic E-state index is 0. The van der Waals surface area contributed by atoms with E-state index < -0.39 is 45.6 Å². The molecule has 1 aromatic carbocycles. The van der Waals surface area contributed by atoms with Gasteiger partial charge in [-0.2, -0.15) is 0 Å². The fourth-order valence-corrected chi connectivity index (χ4v) is 3.01. The standard InChI is InChI=1S/C17H23Cl2FN2O6S.ClH/c1-3-21-8-9-27-17(24)28-14(13(10-20)22-16(23)15(18)19)11-4-6-12(7-5-11)29(2,25)26;/h4-7,13-15,21H,3,8-10H2,1-2H3,(H,22,23);1H. The zero-order valence-electron chi connectivity index (χ0n) is 16.3. The molecule has 0 fully saturated rings. The highest BCUT2D eigenvalue weighted by Crippen LogP contribution is 2.25. The second kappa shape index (κ2) is 13.9. The fourth-order valence-electron chi connectivity index (χ4n) is 2.25. The molecule has 0 aliphatic carbocycles. The molecule has 0 aliphatic rings. The number of sulfone groups is 1. The molecule has 2 atom stereocenters. The van der Waals surface area contributed by atoms with Crippen LogP contribution in [0.2, 0.25) is 0 Å². The molecule has 0 spiro atoms. The molecule has 2 unspecified atom stereocenters. The number of amides is 1. The second-order valence-corrected chi connectivity index (χ2v) is 9.01. The molecule has 0 bridgehead atoms. The number of ether oxygens (including phenoxy) is 2. The van der Waals surface area contributed by atoms with Crippen LogP contribution in [0.3, 0.4) is 0 Å². The first-order chi connectivity index (χ1) is 13.6. The highest BCUT2D eigenvalue weighted by Gasteiger charge is 2.31. The average Bonchev–Trinajstić information content (AvgIpc) is 2.67. The van der Waals surface area contributed by atoms with Gasteiger partial charge in [-0.25, -0.2) is 17.6 Å². The molecular weight excluding hydrogens is 486 g/mol. The maximum absolute atomic E-state index is 13.6. The van der Waals surface area contributed by atoms with Crippen molar-refractivity contribution in [1.82, 2.24) is 10.6 Å². The smallest absolute Gasteiger partial charge is 0.433 e. The zero-order valence-corrected chi connectivity index (χ0v) is 19.4. The number of hydrogen-bond donors (Lipinski definition) is 2. The Balaban J connectivity index is 0.00000841. The first kappa shape index (κ1) is 28.7. The van der Waals surface area contributed by atoms with Gasteiger partial charge in [-0.15, -0.1) is 12.4 Å². The molecular formula is C17H24Cl3FN2O6S. The van der Waals surface area contributed by atoms with Crippen LogP contribution in [-0.2, 0) is 24.1 Å². The predicted octanol–water partition coefficient (Wildman–Crippen LogP) is 2.57. The Bertz CT molecular complexity index is 780. The minimum atomic E-state index is -3.46.